The van der Waals surface area contributed by atoms with Crippen molar-refractivity contribution in [3.63, 3.8) is 0 Å². The number of anilines is 2. The number of aryl methyl sites for hydroxylation is 2. The molecule has 0 atom stereocenters. The van der Waals surface area contributed by atoms with Crippen LogP contribution in [0.4, 0.5) is 11.4 Å². The highest BCUT2D eigenvalue weighted by Gasteiger charge is 2.21. The summed E-state index contributed by atoms with van der Waals surface area (Å²) < 4.78 is 5.15. The third kappa shape index (κ3) is 2.77. The Morgan fingerprint density at radius 3 is 2.62 bits per heavy atom. The molecule has 0 radical (unpaired) electrons. The van der Waals surface area contributed by atoms with E-state index < -0.39 is 0 Å². The van der Waals surface area contributed by atoms with Crippen LogP contribution in [0.25, 0.3) is 0 Å². The first-order valence-electron chi connectivity index (χ1n) is 7.21. The fraction of sp³-hybridized carbons (Fsp3) is 0.375. The lowest BCUT2D eigenvalue weighted by Crippen LogP contribution is -2.23. The number of carbonyl (C=O) groups is 1. The van der Waals surface area contributed by atoms with Crippen LogP contribution in [0.2, 0.25) is 0 Å². The van der Waals surface area contributed by atoms with Gasteiger partial charge in [-0.25, -0.2) is 0 Å². The molecule has 5 heteroatoms. The summed E-state index contributed by atoms with van der Waals surface area (Å²) in [5.41, 5.74) is 4.00. The molecule has 5 nitrogen and oxygen atoms in total. The van der Waals surface area contributed by atoms with E-state index in [1.165, 1.54) is 0 Å². The average molecular weight is 285 g/mol. The van der Waals surface area contributed by atoms with Gasteiger partial charge in [-0.15, -0.1) is 0 Å². The topological polar surface area (TPSA) is 58.4 Å². The molecule has 1 fully saturated rings. The number of hydrogen-bond acceptors (Lipinski definition) is 4. The lowest BCUT2D eigenvalue weighted by molar-refractivity contribution is -0.117. The van der Waals surface area contributed by atoms with Gasteiger partial charge in [-0.2, -0.15) is 0 Å². The Morgan fingerprint density at radius 1 is 1.29 bits per heavy atom. The SMILES string of the molecule is Cc1noc(C)c1CNc1ccc(N2CCCC2=O)cc1. The van der Waals surface area contributed by atoms with Crippen LogP contribution in [0.5, 0.6) is 0 Å². The minimum Gasteiger partial charge on any atom is -0.381 e. The van der Waals surface area contributed by atoms with Crippen LogP contribution in [-0.2, 0) is 11.3 Å². The molecule has 110 valence electrons. The molecule has 0 bridgehead atoms. The molecule has 2 aromatic rings. The van der Waals surface area contributed by atoms with Gasteiger partial charge in [-0.3, -0.25) is 4.79 Å². The van der Waals surface area contributed by atoms with Crippen molar-refractivity contribution in [1.29, 1.82) is 0 Å². The summed E-state index contributed by atoms with van der Waals surface area (Å²) in [4.78, 5) is 13.6. The fourth-order valence-corrected chi connectivity index (χ4v) is 2.63. The molecule has 0 spiro atoms. The predicted molar refractivity (Wildman–Crippen MR) is 81.3 cm³/mol. The number of amides is 1. The highest BCUT2D eigenvalue weighted by molar-refractivity contribution is 5.95. The summed E-state index contributed by atoms with van der Waals surface area (Å²) in [6, 6.07) is 7.97. The Balaban J connectivity index is 1.66. The van der Waals surface area contributed by atoms with Crippen LogP contribution < -0.4 is 10.2 Å². The van der Waals surface area contributed by atoms with Crippen molar-refractivity contribution in [2.24, 2.45) is 0 Å². The van der Waals surface area contributed by atoms with E-state index in [1.54, 1.807) is 0 Å². The molecule has 2 heterocycles. The van der Waals surface area contributed by atoms with Crippen molar-refractivity contribution < 1.29 is 9.32 Å². The maximum Gasteiger partial charge on any atom is 0.227 e. The van der Waals surface area contributed by atoms with Gasteiger partial charge in [0, 0.05) is 36.4 Å². The van der Waals surface area contributed by atoms with E-state index in [1.807, 2.05) is 43.0 Å². The minimum atomic E-state index is 0.214. The van der Waals surface area contributed by atoms with Crippen molar-refractivity contribution in [3.05, 3.63) is 41.3 Å². The molecule has 1 amide bonds. The van der Waals surface area contributed by atoms with Crippen LogP contribution in [0, 0.1) is 13.8 Å². The standard InChI is InChI=1S/C16H19N3O2/c1-11-15(12(2)21-18-11)10-17-13-5-7-14(8-6-13)19-9-3-4-16(19)20/h5-8,17H,3-4,9-10H2,1-2H3. The van der Waals surface area contributed by atoms with E-state index in [9.17, 15) is 4.79 Å². The second-order valence-electron chi connectivity index (χ2n) is 5.35. The Morgan fingerprint density at radius 2 is 2.05 bits per heavy atom. The molecule has 1 N–H and O–H groups in total. The van der Waals surface area contributed by atoms with E-state index in [-0.39, 0.29) is 5.91 Å². The highest BCUT2D eigenvalue weighted by atomic mass is 16.5. The quantitative estimate of drug-likeness (QED) is 0.938. The zero-order valence-corrected chi connectivity index (χ0v) is 12.3. The van der Waals surface area contributed by atoms with Crippen molar-refractivity contribution in [2.45, 2.75) is 33.2 Å². The molecular weight excluding hydrogens is 266 g/mol. The molecule has 1 aliphatic heterocycles. The zero-order valence-electron chi connectivity index (χ0n) is 12.3. The summed E-state index contributed by atoms with van der Waals surface area (Å²) in [6.45, 7) is 5.36. The van der Waals surface area contributed by atoms with Gasteiger partial charge in [0.05, 0.1) is 5.69 Å². The van der Waals surface area contributed by atoms with E-state index in [2.05, 4.69) is 10.5 Å². The Labute approximate surface area is 123 Å². The molecule has 0 unspecified atom stereocenters. The lowest BCUT2D eigenvalue weighted by Gasteiger charge is -2.16. The molecule has 1 aliphatic rings. The summed E-state index contributed by atoms with van der Waals surface area (Å²) in [6.07, 6.45) is 1.61. The first-order valence-corrected chi connectivity index (χ1v) is 7.21. The van der Waals surface area contributed by atoms with Gasteiger partial charge in [0.15, 0.2) is 0 Å². The highest BCUT2D eigenvalue weighted by Crippen LogP contribution is 2.23. The van der Waals surface area contributed by atoms with Gasteiger partial charge in [-0.1, -0.05) is 5.16 Å². The number of aromatic nitrogens is 1. The molecule has 1 saturated heterocycles. The van der Waals surface area contributed by atoms with Crippen LogP contribution >= 0.6 is 0 Å². The smallest absolute Gasteiger partial charge is 0.227 e. The third-order valence-corrected chi connectivity index (χ3v) is 3.90. The van der Waals surface area contributed by atoms with Crippen molar-refractivity contribution in [2.75, 3.05) is 16.8 Å². The van der Waals surface area contributed by atoms with Gasteiger partial charge in [-0.05, 0) is 44.5 Å². The molecule has 1 aromatic carbocycles. The maximum atomic E-state index is 11.7. The number of nitrogens with one attached hydrogen (secondary N) is 1. The largest absolute Gasteiger partial charge is 0.381 e. The first kappa shape index (κ1) is 13.7. The Kier molecular flexibility index (Phi) is 3.64. The average Bonchev–Trinajstić information content (AvgIpc) is 3.04. The van der Waals surface area contributed by atoms with Gasteiger partial charge < -0.3 is 14.7 Å². The maximum absolute atomic E-state index is 11.7. The second kappa shape index (κ2) is 5.60. The van der Waals surface area contributed by atoms with Crippen LogP contribution in [-0.4, -0.2) is 17.6 Å². The van der Waals surface area contributed by atoms with E-state index in [0.717, 1.165) is 41.4 Å². The van der Waals surface area contributed by atoms with Gasteiger partial charge >= 0.3 is 0 Å². The van der Waals surface area contributed by atoms with E-state index >= 15 is 0 Å². The molecule has 3 rings (SSSR count). The molecule has 0 saturated carbocycles. The summed E-state index contributed by atoms with van der Waals surface area (Å²) in [5, 5.41) is 7.30. The molecular formula is C16H19N3O2. The monoisotopic (exact) mass is 285 g/mol. The third-order valence-electron chi connectivity index (χ3n) is 3.90. The van der Waals surface area contributed by atoms with Gasteiger partial charge in [0.2, 0.25) is 5.91 Å². The van der Waals surface area contributed by atoms with Crippen molar-refractivity contribution in [3.8, 4) is 0 Å². The minimum absolute atomic E-state index is 0.214. The Bertz CT molecular complexity index is 627. The molecule has 21 heavy (non-hydrogen) atoms. The van der Waals surface area contributed by atoms with Crippen molar-refractivity contribution in [1.82, 2.24) is 5.16 Å². The second-order valence-corrected chi connectivity index (χ2v) is 5.35. The number of rotatable bonds is 4. The van der Waals surface area contributed by atoms with Gasteiger partial charge in [0.25, 0.3) is 0 Å². The predicted octanol–water partition coefficient (Wildman–Crippen LogP) is 3.03. The van der Waals surface area contributed by atoms with E-state index in [4.69, 9.17) is 4.52 Å². The van der Waals surface area contributed by atoms with Crippen LogP contribution in [0.3, 0.4) is 0 Å². The summed E-state index contributed by atoms with van der Waals surface area (Å²) >= 11 is 0. The zero-order chi connectivity index (χ0) is 14.8. The van der Waals surface area contributed by atoms with E-state index in [0.29, 0.717) is 13.0 Å². The molecule has 0 aliphatic carbocycles. The Hall–Kier alpha value is -2.30. The van der Waals surface area contributed by atoms with Crippen LogP contribution in [0.1, 0.15) is 29.9 Å². The lowest BCUT2D eigenvalue weighted by atomic mass is 10.2. The number of nitrogens with zero attached hydrogens (tertiary/aromatic N) is 2. The summed E-state index contributed by atoms with van der Waals surface area (Å²) in [7, 11) is 0. The normalized spacial score (nSPS) is 14.8. The fourth-order valence-electron chi connectivity index (χ4n) is 2.63. The molecule has 1 aromatic heterocycles. The number of carbonyl (C=O) groups excluding carboxylic acids is 1. The van der Waals surface area contributed by atoms with Crippen molar-refractivity contribution >= 4 is 17.3 Å². The van der Waals surface area contributed by atoms with Crippen LogP contribution in [0.15, 0.2) is 28.8 Å². The number of hydrogen-bond donors (Lipinski definition) is 1. The van der Waals surface area contributed by atoms with Gasteiger partial charge in [0.1, 0.15) is 5.76 Å². The number of benzene rings is 1. The first-order chi connectivity index (χ1) is 10.1. The summed E-state index contributed by atoms with van der Waals surface area (Å²) in [5.74, 6) is 1.06.